The van der Waals surface area contributed by atoms with Crippen LogP contribution in [0.1, 0.15) is 11.1 Å². The molecule has 5 rings (SSSR count). The highest BCUT2D eigenvalue weighted by Gasteiger charge is 2.12. The number of rotatable bonds is 0. The average Bonchev–Trinajstić information content (AvgIpc) is 3.28. The van der Waals surface area contributed by atoms with Gasteiger partial charge in [0.2, 0.25) is 0 Å². The summed E-state index contributed by atoms with van der Waals surface area (Å²) < 4.78 is 3.97. The molecule has 0 radical (unpaired) electrons. The monoisotopic (exact) mass is 490 g/mol. The predicted molar refractivity (Wildman–Crippen MR) is 157 cm³/mol. The third-order valence-electron chi connectivity index (χ3n) is 5.12. The first kappa shape index (κ1) is 21.7. The summed E-state index contributed by atoms with van der Waals surface area (Å²) in [7, 11) is -1.81. The fourth-order valence-corrected chi connectivity index (χ4v) is 6.46. The zero-order valence-corrected chi connectivity index (χ0v) is 22.5. The van der Waals surface area contributed by atoms with Gasteiger partial charge in [-0.3, -0.25) is 0 Å². The van der Waals surface area contributed by atoms with Crippen LogP contribution in [-0.2, 0) is 0 Å². The molecule has 0 fully saturated rings. The first-order valence-corrected chi connectivity index (χ1v) is 17.7. The van der Waals surface area contributed by atoms with Crippen molar-refractivity contribution in [1.82, 2.24) is 0 Å². The summed E-state index contributed by atoms with van der Waals surface area (Å²) in [5.41, 5.74) is 2.12. The second-order valence-electron chi connectivity index (χ2n) is 9.63. The fourth-order valence-electron chi connectivity index (χ4n) is 3.65. The van der Waals surface area contributed by atoms with E-state index in [9.17, 15) is 0 Å². The summed E-state index contributed by atoms with van der Waals surface area (Å²) in [4.78, 5) is 0. The molecule has 3 aromatic carbocycles. The van der Waals surface area contributed by atoms with E-state index in [2.05, 4.69) is 108 Å². The Balaban J connectivity index is 1.79. The van der Waals surface area contributed by atoms with Crippen LogP contribution in [0.5, 0.6) is 0 Å². The van der Waals surface area contributed by atoms with E-state index in [0.29, 0.717) is 0 Å². The molecule has 0 aliphatic heterocycles. The number of benzene rings is 3. The Morgan fingerprint density at radius 3 is 1.84 bits per heavy atom. The third kappa shape index (κ3) is 4.39. The summed E-state index contributed by atoms with van der Waals surface area (Å²) >= 11 is 3.67. The van der Waals surface area contributed by atoms with Crippen molar-refractivity contribution in [3.05, 3.63) is 59.0 Å². The van der Waals surface area contributed by atoms with Gasteiger partial charge in [0.1, 0.15) is 0 Å². The van der Waals surface area contributed by atoms with E-state index in [0.717, 1.165) is 11.1 Å². The molecule has 4 heteroatoms. The smallest absolute Gasteiger partial charge is 0.0425 e. The Hall–Kier alpha value is -2.08. The maximum Gasteiger partial charge on any atom is 0.0425 e. The van der Waals surface area contributed by atoms with Crippen molar-refractivity contribution < 1.29 is 0 Å². The topological polar surface area (TPSA) is 0 Å². The lowest BCUT2D eigenvalue weighted by atomic mass is 10.0. The Labute approximate surface area is 201 Å². The first-order chi connectivity index (χ1) is 15.1. The number of thiophene rings is 2. The molecule has 0 saturated heterocycles. The van der Waals surface area contributed by atoms with Crippen LogP contribution >= 0.6 is 42.7 Å². The van der Waals surface area contributed by atoms with Gasteiger partial charge in [-0.15, -0.1) is 22.7 Å². The molecule has 0 aliphatic carbocycles. The molecule has 2 aromatic heterocycles. The van der Waals surface area contributed by atoms with Crippen LogP contribution in [0, 0.1) is 22.3 Å². The minimum Gasteiger partial charge on any atom is -0.186 e. The van der Waals surface area contributed by atoms with Crippen LogP contribution < -0.4 is 0 Å². The largest absolute Gasteiger partial charge is 0.186 e. The van der Waals surface area contributed by atoms with Crippen molar-refractivity contribution in [1.29, 1.82) is 0 Å². The number of hydrogen-bond donors (Lipinski definition) is 0. The van der Waals surface area contributed by atoms with Gasteiger partial charge < -0.3 is 0 Å². The molecule has 162 valence electrons. The Bertz CT molecular complexity index is 1640. The summed E-state index contributed by atoms with van der Waals surface area (Å²) in [6.07, 6.45) is 13.4. The van der Waals surface area contributed by atoms with E-state index in [1.54, 1.807) is 0 Å². The lowest BCUT2D eigenvalue weighted by molar-refractivity contribution is 1.68. The van der Waals surface area contributed by atoms with Crippen LogP contribution in [0.3, 0.4) is 0 Å². The molecular weight excluding hydrogens is 465 g/mol. The van der Waals surface area contributed by atoms with Crippen molar-refractivity contribution in [3.8, 4) is 22.3 Å². The summed E-state index contributed by atoms with van der Waals surface area (Å²) in [6.45, 7) is 0. The van der Waals surface area contributed by atoms with Crippen molar-refractivity contribution in [3.63, 3.8) is 0 Å². The van der Waals surface area contributed by atoms with Crippen molar-refractivity contribution in [2.75, 3.05) is 37.5 Å². The van der Waals surface area contributed by atoms with E-state index in [1.165, 1.54) is 41.0 Å². The minimum absolute atomic E-state index is 0.900. The second kappa shape index (κ2) is 7.75. The lowest BCUT2D eigenvalue weighted by Gasteiger charge is -2.15. The molecule has 0 bridgehead atoms. The van der Waals surface area contributed by atoms with Gasteiger partial charge in [-0.05, 0) is 112 Å². The van der Waals surface area contributed by atoms with Crippen LogP contribution in [0.15, 0.2) is 47.8 Å². The van der Waals surface area contributed by atoms with Gasteiger partial charge in [0, 0.05) is 36.0 Å². The molecule has 2 heterocycles. The first-order valence-electron chi connectivity index (χ1n) is 10.3. The van der Waals surface area contributed by atoms with Crippen LogP contribution in [-0.4, -0.2) is 37.5 Å². The van der Waals surface area contributed by atoms with Gasteiger partial charge in [0.15, 0.2) is 0 Å². The third-order valence-corrected chi connectivity index (χ3v) is 8.55. The molecule has 0 atom stereocenters. The highest BCUT2D eigenvalue weighted by Crippen LogP contribution is 2.40. The zero-order valence-electron chi connectivity index (χ0n) is 19.3. The van der Waals surface area contributed by atoms with Crippen molar-refractivity contribution in [2.45, 2.75) is 0 Å². The summed E-state index contributed by atoms with van der Waals surface area (Å²) in [5.74, 6) is 6.97. The summed E-state index contributed by atoms with van der Waals surface area (Å²) in [6, 6.07) is 16.1. The maximum atomic E-state index is 3.50. The fraction of sp³-hybridized carbons (Fsp3) is 0.214. The van der Waals surface area contributed by atoms with Crippen LogP contribution in [0.2, 0.25) is 0 Å². The van der Waals surface area contributed by atoms with Crippen LogP contribution in [0.4, 0.5) is 0 Å². The van der Waals surface area contributed by atoms with Crippen LogP contribution in [0.25, 0.3) is 41.0 Å². The van der Waals surface area contributed by atoms with E-state index in [1.807, 2.05) is 22.7 Å². The normalized spacial score (nSPS) is 13.2. The SMILES string of the molecule is CS(C)(C)C#Cc1cc2sc3cc4cc5sccc5cc4cc3c2cc1C#CS(C)(C)C. The molecule has 0 nitrogen and oxygen atoms in total. The van der Waals surface area contributed by atoms with E-state index >= 15 is 0 Å². The molecule has 0 unspecified atom stereocenters. The van der Waals surface area contributed by atoms with Gasteiger partial charge in [0.05, 0.1) is 0 Å². The van der Waals surface area contributed by atoms with E-state index in [4.69, 9.17) is 0 Å². The van der Waals surface area contributed by atoms with Gasteiger partial charge in [-0.2, -0.15) is 20.1 Å². The standard InChI is InChI=1S/C28H26S4/c1-31(2,3)11-8-19-14-24-25-15-22-13-21-7-10-29-26(21)17-23(22)18-28(25)30-27(24)16-20(19)9-12-32(4,5)6/h7,10,13-18H,1-6H3. The maximum absolute atomic E-state index is 3.50. The number of hydrogen-bond acceptors (Lipinski definition) is 2. The predicted octanol–water partition coefficient (Wildman–Crippen LogP) is 8.43. The van der Waals surface area contributed by atoms with Crippen molar-refractivity contribution in [2.24, 2.45) is 0 Å². The quantitative estimate of drug-likeness (QED) is 0.191. The molecular formula is C28H26S4. The van der Waals surface area contributed by atoms with Gasteiger partial charge in [-0.25, -0.2) is 0 Å². The van der Waals surface area contributed by atoms with E-state index < -0.39 is 20.1 Å². The zero-order chi connectivity index (χ0) is 22.7. The molecule has 5 aromatic rings. The molecule has 0 spiro atoms. The van der Waals surface area contributed by atoms with Crippen molar-refractivity contribution >= 4 is 83.8 Å². The number of fused-ring (bicyclic) bond motifs is 5. The van der Waals surface area contributed by atoms with Gasteiger partial charge in [0.25, 0.3) is 0 Å². The van der Waals surface area contributed by atoms with Gasteiger partial charge in [-0.1, -0.05) is 11.8 Å². The molecule has 0 amide bonds. The Morgan fingerprint density at radius 2 is 1.16 bits per heavy atom. The highest BCUT2D eigenvalue weighted by molar-refractivity contribution is 8.36. The Kier molecular flexibility index (Phi) is 5.27. The minimum atomic E-state index is -0.909. The van der Waals surface area contributed by atoms with E-state index in [-0.39, 0.29) is 0 Å². The molecule has 32 heavy (non-hydrogen) atoms. The molecule has 0 N–H and O–H groups in total. The summed E-state index contributed by atoms with van der Waals surface area (Å²) in [5, 5.41) is 15.7. The molecule has 0 aliphatic rings. The highest BCUT2D eigenvalue weighted by atomic mass is 32.3. The Morgan fingerprint density at radius 1 is 0.594 bits per heavy atom. The van der Waals surface area contributed by atoms with Gasteiger partial charge >= 0.3 is 0 Å². The second-order valence-corrected chi connectivity index (χ2v) is 19.4. The molecule has 0 saturated carbocycles. The average molecular weight is 491 g/mol. The lowest BCUT2D eigenvalue weighted by Crippen LogP contribution is -1.89.